The average molecular weight is 882 g/mol. The Balaban J connectivity index is 1.11. The van der Waals surface area contributed by atoms with E-state index >= 15 is 0 Å². The van der Waals surface area contributed by atoms with Crippen LogP contribution in [0.4, 0.5) is 0 Å². The SMILES string of the molecule is c1ccc(-c2nc(-c3ccccc3)nc(-c3ccccc3-n3c4ccccc4c4c(-c5cccc6c5c5ccccc5n6-c5ccccc5)cc(-c5cccc6c5oc5ccccc56)cc43)n2)cc1. The molecule has 0 bridgehead atoms. The summed E-state index contributed by atoms with van der Waals surface area (Å²) in [6.45, 7) is 0. The molecule has 0 atom stereocenters. The molecule has 0 amide bonds. The summed E-state index contributed by atoms with van der Waals surface area (Å²) in [7, 11) is 0. The molecule has 10 aromatic carbocycles. The van der Waals surface area contributed by atoms with Crippen molar-refractivity contribution in [1.29, 1.82) is 0 Å². The summed E-state index contributed by atoms with van der Waals surface area (Å²) in [5, 5.41) is 6.86. The second kappa shape index (κ2) is 15.6. The Morgan fingerprint density at radius 1 is 0.304 bits per heavy atom. The molecule has 6 heteroatoms. The predicted octanol–water partition coefficient (Wildman–Crippen LogP) is 16.3. The summed E-state index contributed by atoms with van der Waals surface area (Å²) in [5.74, 6) is 1.82. The molecule has 0 spiro atoms. The molecule has 0 fully saturated rings. The standard InChI is InChI=1S/C63H39N5O/c1-4-20-40(21-5-1)61-64-62(41-22-6-2-7-23-41)66-63(65-61)50-29-12-16-35-54(50)68-53-34-15-11-28-49(53)59-51(38-42(39-56(59)68)44-30-18-32-47-45-26-13-17-37-57(45)69-60(44)47)46-31-19-36-55-58(46)48-27-10-14-33-52(48)67(55)43-24-8-3-9-25-43/h1-39H. The third kappa shape index (κ3) is 6.16. The summed E-state index contributed by atoms with van der Waals surface area (Å²) in [6.07, 6.45) is 0. The average Bonchev–Trinajstić information content (AvgIpc) is 4.09. The zero-order chi connectivity index (χ0) is 45.4. The molecule has 4 heterocycles. The minimum absolute atomic E-state index is 0.589. The first kappa shape index (κ1) is 38.8. The Morgan fingerprint density at radius 3 is 1.54 bits per heavy atom. The van der Waals surface area contributed by atoms with Crippen LogP contribution in [0, 0.1) is 0 Å². The van der Waals surface area contributed by atoms with E-state index in [1.54, 1.807) is 0 Å². The van der Waals surface area contributed by atoms with Crippen molar-refractivity contribution in [2.45, 2.75) is 0 Å². The highest BCUT2D eigenvalue weighted by atomic mass is 16.3. The van der Waals surface area contributed by atoms with Gasteiger partial charge in [0.2, 0.25) is 0 Å². The van der Waals surface area contributed by atoms with E-state index in [0.29, 0.717) is 17.5 Å². The van der Waals surface area contributed by atoms with Crippen LogP contribution in [0.25, 0.3) is 133 Å². The van der Waals surface area contributed by atoms with Crippen LogP contribution < -0.4 is 0 Å². The number of aromatic nitrogens is 5. The van der Waals surface area contributed by atoms with Crippen LogP contribution in [0.15, 0.2) is 241 Å². The Hall–Kier alpha value is -9.39. The molecule has 6 nitrogen and oxygen atoms in total. The molecule has 0 unspecified atom stereocenters. The normalized spacial score (nSPS) is 11.8. The highest BCUT2D eigenvalue weighted by molar-refractivity contribution is 6.23. The van der Waals surface area contributed by atoms with Gasteiger partial charge >= 0.3 is 0 Å². The fraction of sp³-hybridized carbons (Fsp3) is 0. The second-order valence-corrected chi connectivity index (χ2v) is 17.5. The lowest BCUT2D eigenvalue weighted by Gasteiger charge is -2.16. The van der Waals surface area contributed by atoms with Crippen molar-refractivity contribution in [2.24, 2.45) is 0 Å². The third-order valence-corrected chi connectivity index (χ3v) is 13.6. The molecule has 69 heavy (non-hydrogen) atoms. The minimum Gasteiger partial charge on any atom is -0.455 e. The maximum atomic E-state index is 6.79. The van der Waals surface area contributed by atoms with Gasteiger partial charge in [-0.3, -0.25) is 0 Å². The Kier molecular flexibility index (Phi) is 8.79. The Morgan fingerprint density at radius 2 is 0.812 bits per heavy atom. The second-order valence-electron chi connectivity index (χ2n) is 17.5. The molecular weight excluding hydrogens is 843 g/mol. The largest absolute Gasteiger partial charge is 0.455 e. The fourth-order valence-corrected chi connectivity index (χ4v) is 10.6. The Labute approximate surface area is 396 Å². The first-order valence-electron chi connectivity index (χ1n) is 23.3. The quantitative estimate of drug-likeness (QED) is 0.160. The van der Waals surface area contributed by atoms with E-state index in [4.69, 9.17) is 19.4 Å². The van der Waals surface area contributed by atoms with Crippen LogP contribution >= 0.6 is 0 Å². The maximum Gasteiger partial charge on any atom is 0.166 e. The van der Waals surface area contributed by atoms with Crippen LogP contribution in [-0.2, 0) is 0 Å². The van der Waals surface area contributed by atoms with E-state index in [9.17, 15) is 0 Å². The number of hydrogen-bond donors (Lipinski definition) is 0. The minimum atomic E-state index is 0.589. The lowest BCUT2D eigenvalue weighted by molar-refractivity contribution is 0.670. The van der Waals surface area contributed by atoms with Crippen molar-refractivity contribution in [1.82, 2.24) is 24.1 Å². The predicted molar refractivity (Wildman–Crippen MR) is 283 cm³/mol. The highest BCUT2D eigenvalue weighted by Crippen LogP contribution is 2.47. The molecule has 322 valence electrons. The number of nitrogens with zero attached hydrogens (tertiary/aromatic N) is 5. The zero-order valence-electron chi connectivity index (χ0n) is 37.2. The molecule has 4 aromatic heterocycles. The summed E-state index contributed by atoms with van der Waals surface area (Å²) in [4.78, 5) is 15.6. The number of fused-ring (bicyclic) bond motifs is 9. The molecule has 14 rings (SSSR count). The monoisotopic (exact) mass is 881 g/mol. The highest BCUT2D eigenvalue weighted by Gasteiger charge is 2.25. The topological polar surface area (TPSA) is 61.7 Å². The summed E-state index contributed by atoms with van der Waals surface area (Å²) < 4.78 is 11.6. The van der Waals surface area contributed by atoms with E-state index < -0.39 is 0 Å². The van der Waals surface area contributed by atoms with Crippen LogP contribution in [0.3, 0.4) is 0 Å². The van der Waals surface area contributed by atoms with E-state index in [1.165, 1.54) is 10.8 Å². The van der Waals surface area contributed by atoms with Crippen molar-refractivity contribution < 1.29 is 4.42 Å². The van der Waals surface area contributed by atoms with Gasteiger partial charge in [-0.1, -0.05) is 176 Å². The van der Waals surface area contributed by atoms with Crippen molar-refractivity contribution in [3.63, 3.8) is 0 Å². The molecular formula is C63H39N5O. The summed E-state index contributed by atoms with van der Waals surface area (Å²) in [5.41, 5.74) is 15.3. The first-order chi connectivity index (χ1) is 34.2. The van der Waals surface area contributed by atoms with Crippen molar-refractivity contribution in [3.05, 3.63) is 237 Å². The molecule has 0 radical (unpaired) electrons. The van der Waals surface area contributed by atoms with Gasteiger partial charge in [-0.15, -0.1) is 0 Å². The number of furan rings is 1. The molecule has 14 aromatic rings. The van der Waals surface area contributed by atoms with Gasteiger partial charge in [-0.2, -0.15) is 0 Å². The van der Waals surface area contributed by atoms with Gasteiger partial charge in [-0.25, -0.2) is 15.0 Å². The summed E-state index contributed by atoms with van der Waals surface area (Å²) >= 11 is 0. The van der Waals surface area contributed by atoms with E-state index in [1.807, 2.05) is 42.5 Å². The van der Waals surface area contributed by atoms with Crippen LogP contribution in [0.2, 0.25) is 0 Å². The van der Waals surface area contributed by atoms with E-state index in [-0.39, 0.29) is 0 Å². The van der Waals surface area contributed by atoms with Gasteiger partial charge in [0.1, 0.15) is 11.2 Å². The fourth-order valence-electron chi connectivity index (χ4n) is 10.6. The van der Waals surface area contributed by atoms with Crippen LogP contribution in [0.5, 0.6) is 0 Å². The number of benzene rings is 10. The van der Waals surface area contributed by atoms with E-state index in [2.05, 4.69) is 203 Å². The van der Waals surface area contributed by atoms with Gasteiger partial charge in [0.25, 0.3) is 0 Å². The van der Waals surface area contributed by atoms with Gasteiger partial charge in [-0.05, 0) is 77.4 Å². The van der Waals surface area contributed by atoms with Gasteiger partial charge in [0, 0.05) is 60.3 Å². The molecule has 0 saturated heterocycles. The molecule has 0 aliphatic rings. The molecule has 0 aliphatic heterocycles. The summed E-state index contributed by atoms with van der Waals surface area (Å²) in [6, 6.07) is 83.4. The first-order valence-corrected chi connectivity index (χ1v) is 23.3. The lowest BCUT2D eigenvalue weighted by atomic mass is 9.91. The molecule has 0 aliphatic carbocycles. The zero-order valence-corrected chi connectivity index (χ0v) is 37.2. The smallest absolute Gasteiger partial charge is 0.166 e. The molecule has 0 N–H and O–H groups in total. The number of rotatable bonds is 7. The van der Waals surface area contributed by atoms with Gasteiger partial charge in [0.15, 0.2) is 17.5 Å². The number of para-hydroxylation sites is 6. The number of hydrogen-bond acceptors (Lipinski definition) is 4. The lowest BCUT2D eigenvalue weighted by Crippen LogP contribution is -2.03. The maximum absolute atomic E-state index is 6.79. The van der Waals surface area contributed by atoms with Crippen LogP contribution in [0.1, 0.15) is 0 Å². The third-order valence-electron chi connectivity index (χ3n) is 13.6. The van der Waals surface area contributed by atoms with Gasteiger partial charge in [0.05, 0.1) is 27.8 Å². The van der Waals surface area contributed by atoms with Crippen molar-refractivity contribution >= 4 is 65.6 Å². The van der Waals surface area contributed by atoms with Crippen molar-refractivity contribution in [3.8, 4) is 67.8 Å². The molecule has 0 saturated carbocycles. The van der Waals surface area contributed by atoms with E-state index in [0.717, 1.165) is 105 Å². The van der Waals surface area contributed by atoms with Crippen LogP contribution in [-0.4, -0.2) is 24.1 Å². The van der Waals surface area contributed by atoms with Gasteiger partial charge < -0.3 is 13.6 Å². The van der Waals surface area contributed by atoms with Crippen molar-refractivity contribution in [2.75, 3.05) is 0 Å². The Bertz CT molecular complexity index is 4240.